The Balaban J connectivity index is 1.76. The van der Waals surface area contributed by atoms with Gasteiger partial charge in [-0.2, -0.15) is 0 Å². The van der Waals surface area contributed by atoms with Crippen molar-refractivity contribution in [3.63, 3.8) is 0 Å². The van der Waals surface area contributed by atoms with E-state index in [9.17, 15) is 4.79 Å². The zero-order valence-electron chi connectivity index (χ0n) is 11.3. The first-order valence-electron chi connectivity index (χ1n) is 7.51. The van der Waals surface area contributed by atoms with Crippen LogP contribution < -0.4 is 5.32 Å². The van der Waals surface area contributed by atoms with Crippen LogP contribution in [-0.2, 0) is 10.2 Å². The van der Waals surface area contributed by atoms with E-state index in [2.05, 4.69) is 35.6 Å². The normalized spacial score (nSPS) is 43.2. The van der Waals surface area contributed by atoms with Gasteiger partial charge in [-0.25, -0.2) is 0 Å². The van der Waals surface area contributed by atoms with Crippen LogP contribution in [0.4, 0.5) is 0 Å². The average molecular weight is 255 g/mol. The Morgan fingerprint density at radius 3 is 2.37 bits per heavy atom. The second-order valence-electron chi connectivity index (χ2n) is 7.15. The fourth-order valence-electron chi connectivity index (χ4n) is 5.69. The molecule has 1 aromatic rings. The standard InChI is InChI=1S/C17H21NO/c19-12-18-17-9-13-6-14(10-17)8-16(7-13,11-17)15-4-2-1-3-5-15/h1-5,12-14H,6-11H2,(H,18,19). The van der Waals surface area contributed by atoms with E-state index in [-0.39, 0.29) is 5.54 Å². The van der Waals surface area contributed by atoms with Crippen molar-refractivity contribution >= 4 is 6.41 Å². The highest BCUT2D eigenvalue weighted by molar-refractivity contribution is 5.49. The number of amides is 1. The minimum Gasteiger partial charge on any atom is -0.353 e. The van der Waals surface area contributed by atoms with Crippen LogP contribution in [0.3, 0.4) is 0 Å². The second kappa shape index (κ2) is 3.84. The molecule has 0 aromatic heterocycles. The maximum atomic E-state index is 11.0. The Labute approximate surface area is 114 Å². The van der Waals surface area contributed by atoms with Gasteiger partial charge in [0, 0.05) is 5.54 Å². The molecule has 1 aromatic carbocycles. The van der Waals surface area contributed by atoms with Gasteiger partial charge in [0.15, 0.2) is 0 Å². The molecule has 4 aliphatic rings. The van der Waals surface area contributed by atoms with Gasteiger partial charge < -0.3 is 5.32 Å². The van der Waals surface area contributed by atoms with E-state index in [1.54, 1.807) is 0 Å². The van der Waals surface area contributed by atoms with Gasteiger partial charge in [0.2, 0.25) is 6.41 Å². The Bertz CT molecular complexity index is 481. The summed E-state index contributed by atoms with van der Waals surface area (Å²) >= 11 is 0. The fraction of sp³-hybridized carbons (Fsp3) is 0.588. The molecule has 0 spiro atoms. The molecule has 0 heterocycles. The number of benzene rings is 1. The first-order valence-corrected chi connectivity index (χ1v) is 7.51. The van der Waals surface area contributed by atoms with Crippen LogP contribution in [0.15, 0.2) is 30.3 Å². The topological polar surface area (TPSA) is 29.1 Å². The van der Waals surface area contributed by atoms with Crippen molar-refractivity contribution in [1.29, 1.82) is 0 Å². The van der Waals surface area contributed by atoms with Gasteiger partial charge >= 0.3 is 0 Å². The van der Waals surface area contributed by atoms with Crippen molar-refractivity contribution in [1.82, 2.24) is 5.32 Å². The summed E-state index contributed by atoms with van der Waals surface area (Å²) in [5, 5.41) is 3.20. The van der Waals surface area contributed by atoms with E-state index in [1.807, 2.05) is 0 Å². The Morgan fingerprint density at radius 1 is 1.05 bits per heavy atom. The molecule has 4 fully saturated rings. The predicted molar refractivity (Wildman–Crippen MR) is 74.7 cm³/mol. The minimum atomic E-state index is 0.0989. The molecular formula is C17H21NO. The average Bonchev–Trinajstić information content (AvgIpc) is 2.38. The van der Waals surface area contributed by atoms with E-state index in [0.29, 0.717) is 5.41 Å². The van der Waals surface area contributed by atoms with Crippen LogP contribution in [0.5, 0.6) is 0 Å². The maximum absolute atomic E-state index is 11.0. The first kappa shape index (κ1) is 11.5. The molecule has 4 aliphatic carbocycles. The van der Waals surface area contributed by atoms with E-state index in [1.165, 1.54) is 37.7 Å². The number of hydrogen-bond donors (Lipinski definition) is 1. The van der Waals surface area contributed by atoms with Crippen LogP contribution >= 0.6 is 0 Å². The third-order valence-electron chi connectivity index (χ3n) is 5.81. The number of nitrogens with one attached hydrogen (secondary N) is 1. The van der Waals surface area contributed by atoms with Crippen molar-refractivity contribution in [2.45, 2.75) is 49.5 Å². The van der Waals surface area contributed by atoms with Crippen molar-refractivity contribution < 1.29 is 4.79 Å². The molecule has 2 heteroatoms. The lowest BCUT2D eigenvalue weighted by Crippen LogP contribution is -2.63. The van der Waals surface area contributed by atoms with Gasteiger partial charge in [0.25, 0.3) is 0 Å². The smallest absolute Gasteiger partial charge is 0.207 e. The molecule has 5 rings (SSSR count). The summed E-state index contributed by atoms with van der Waals surface area (Å²) in [6.07, 6.45) is 8.54. The summed E-state index contributed by atoms with van der Waals surface area (Å²) in [6, 6.07) is 11.0. The third-order valence-corrected chi connectivity index (χ3v) is 5.81. The highest BCUT2D eigenvalue weighted by atomic mass is 16.1. The molecule has 4 saturated carbocycles. The summed E-state index contributed by atoms with van der Waals surface area (Å²) in [4.78, 5) is 11.0. The van der Waals surface area contributed by atoms with E-state index >= 15 is 0 Å². The molecule has 4 bridgehead atoms. The monoisotopic (exact) mass is 255 g/mol. The zero-order chi connectivity index (χ0) is 12.9. The van der Waals surface area contributed by atoms with Crippen molar-refractivity contribution in [3.8, 4) is 0 Å². The van der Waals surface area contributed by atoms with E-state index in [4.69, 9.17) is 0 Å². The minimum absolute atomic E-state index is 0.0989. The SMILES string of the molecule is O=CNC12CC3CC(C1)CC(c1ccccc1)(C3)C2. The van der Waals surface area contributed by atoms with Crippen LogP contribution in [-0.4, -0.2) is 11.9 Å². The molecule has 1 amide bonds. The lowest BCUT2D eigenvalue weighted by molar-refractivity contribution is -0.115. The molecule has 2 unspecified atom stereocenters. The molecule has 2 nitrogen and oxygen atoms in total. The van der Waals surface area contributed by atoms with Crippen LogP contribution in [0.1, 0.15) is 44.1 Å². The molecule has 100 valence electrons. The van der Waals surface area contributed by atoms with E-state index < -0.39 is 0 Å². The van der Waals surface area contributed by atoms with Crippen molar-refractivity contribution in [2.75, 3.05) is 0 Å². The quantitative estimate of drug-likeness (QED) is 0.826. The van der Waals surface area contributed by atoms with Gasteiger partial charge in [0.05, 0.1) is 0 Å². The predicted octanol–water partition coefficient (Wildman–Crippen LogP) is 3.02. The molecule has 1 N–H and O–H groups in total. The summed E-state index contributed by atoms with van der Waals surface area (Å²) in [6.45, 7) is 0. The maximum Gasteiger partial charge on any atom is 0.207 e. The second-order valence-corrected chi connectivity index (χ2v) is 7.15. The zero-order valence-corrected chi connectivity index (χ0v) is 11.3. The van der Waals surface area contributed by atoms with E-state index in [0.717, 1.165) is 24.7 Å². The first-order chi connectivity index (χ1) is 9.24. The number of hydrogen-bond acceptors (Lipinski definition) is 1. The molecular weight excluding hydrogens is 234 g/mol. The number of carbonyl (C=O) groups is 1. The van der Waals surface area contributed by atoms with Crippen LogP contribution in [0, 0.1) is 11.8 Å². The van der Waals surface area contributed by atoms with Gasteiger partial charge in [0.1, 0.15) is 0 Å². The molecule has 0 saturated heterocycles. The largest absolute Gasteiger partial charge is 0.353 e. The van der Waals surface area contributed by atoms with Crippen LogP contribution in [0.25, 0.3) is 0 Å². The Hall–Kier alpha value is -1.31. The molecule has 2 atom stereocenters. The summed E-state index contributed by atoms with van der Waals surface area (Å²) < 4.78 is 0. The summed E-state index contributed by atoms with van der Waals surface area (Å²) in [5.41, 5.74) is 1.93. The number of rotatable bonds is 3. The van der Waals surface area contributed by atoms with Gasteiger partial charge in [-0.15, -0.1) is 0 Å². The van der Waals surface area contributed by atoms with Crippen molar-refractivity contribution in [3.05, 3.63) is 35.9 Å². The summed E-state index contributed by atoms with van der Waals surface area (Å²) in [7, 11) is 0. The number of carbonyl (C=O) groups excluding carboxylic acids is 1. The van der Waals surface area contributed by atoms with Gasteiger partial charge in [-0.1, -0.05) is 30.3 Å². The Morgan fingerprint density at radius 2 is 1.74 bits per heavy atom. The highest BCUT2D eigenvalue weighted by Crippen LogP contribution is 2.62. The fourth-order valence-corrected chi connectivity index (χ4v) is 5.69. The van der Waals surface area contributed by atoms with Gasteiger partial charge in [-0.3, -0.25) is 4.79 Å². The third kappa shape index (κ3) is 1.65. The molecule has 19 heavy (non-hydrogen) atoms. The highest BCUT2D eigenvalue weighted by Gasteiger charge is 2.58. The molecule has 0 aliphatic heterocycles. The lowest BCUT2D eigenvalue weighted by Gasteiger charge is -2.62. The lowest BCUT2D eigenvalue weighted by atomic mass is 9.45. The van der Waals surface area contributed by atoms with Gasteiger partial charge in [-0.05, 0) is 61.3 Å². The van der Waals surface area contributed by atoms with Crippen LogP contribution in [0.2, 0.25) is 0 Å². The Kier molecular flexibility index (Phi) is 2.33. The summed E-state index contributed by atoms with van der Waals surface area (Å²) in [5.74, 6) is 1.63. The van der Waals surface area contributed by atoms with Crippen molar-refractivity contribution in [2.24, 2.45) is 11.8 Å². The molecule has 0 radical (unpaired) electrons.